The Labute approximate surface area is 136 Å². The van der Waals surface area contributed by atoms with Crippen molar-refractivity contribution in [1.82, 2.24) is 15.1 Å². The third-order valence-corrected chi connectivity index (χ3v) is 4.94. The molecule has 3 aromatic rings. The van der Waals surface area contributed by atoms with Crippen LogP contribution in [0.1, 0.15) is 25.7 Å². The summed E-state index contributed by atoms with van der Waals surface area (Å²) in [5.74, 6) is 1.35. The lowest BCUT2D eigenvalue weighted by Gasteiger charge is -2.26. The first-order chi connectivity index (χ1) is 11.3. The zero-order valence-corrected chi connectivity index (χ0v) is 13.2. The van der Waals surface area contributed by atoms with Crippen molar-refractivity contribution in [1.29, 1.82) is 0 Å². The van der Waals surface area contributed by atoms with Gasteiger partial charge >= 0.3 is 0 Å². The Bertz CT molecular complexity index is 780. The van der Waals surface area contributed by atoms with Crippen LogP contribution in [0.15, 0.2) is 28.4 Å². The van der Waals surface area contributed by atoms with Crippen molar-refractivity contribution in [2.45, 2.75) is 37.8 Å². The second kappa shape index (κ2) is 6.13. The molecule has 0 radical (unpaired) electrons. The van der Waals surface area contributed by atoms with Gasteiger partial charge in [-0.1, -0.05) is 5.16 Å². The number of aromatic nitrogens is 3. The molecule has 1 saturated carbocycles. The number of aliphatic hydroxyl groups excluding tert-OH is 1. The predicted octanol–water partition coefficient (Wildman–Crippen LogP) is 3.14. The van der Waals surface area contributed by atoms with Crippen LogP contribution in [-0.4, -0.2) is 32.4 Å². The van der Waals surface area contributed by atoms with Crippen LogP contribution in [0, 0.1) is 0 Å². The normalized spacial score (nSPS) is 21.4. The fourth-order valence-corrected chi connectivity index (χ4v) is 3.61. The Morgan fingerprint density at radius 1 is 1.22 bits per heavy atom. The third-order valence-electron chi connectivity index (χ3n) is 4.03. The average molecular weight is 331 g/mol. The van der Waals surface area contributed by atoms with Crippen LogP contribution in [0.5, 0.6) is 0 Å². The van der Waals surface area contributed by atoms with Gasteiger partial charge in [0, 0.05) is 6.04 Å². The van der Waals surface area contributed by atoms with E-state index in [1.807, 2.05) is 11.4 Å². The number of anilines is 3. The largest absolute Gasteiger partial charge is 0.393 e. The summed E-state index contributed by atoms with van der Waals surface area (Å²) in [6.07, 6.45) is 6.50. The molecule has 1 fully saturated rings. The van der Waals surface area contributed by atoms with Gasteiger partial charge in [-0.3, -0.25) is 0 Å². The lowest BCUT2D eigenvalue weighted by atomic mass is 9.93. The van der Waals surface area contributed by atoms with Crippen LogP contribution in [0.4, 0.5) is 17.5 Å². The van der Waals surface area contributed by atoms with Gasteiger partial charge in [-0.2, -0.15) is 4.98 Å². The second-order valence-corrected chi connectivity index (χ2v) is 6.63. The number of aliphatic hydroxyl groups is 1. The molecule has 0 spiro atoms. The van der Waals surface area contributed by atoms with Crippen molar-refractivity contribution < 1.29 is 9.63 Å². The van der Waals surface area contributed by atoms with Gasteiger partial charge in [0.1, 0.15) is 17.8 Å². The molecule has 1 aliphatic carbocycles. The summed E-state index contributed by atoms with van der Waals surface area (Å²) >= 11 is 1.62. The molecular formula is C15H17N5O2S. The number of hydrogen-bond acceptors (Lipinski definition) is 8. The lowest BCUT2D eigenvalue weighted by Crippen LogP contribution is -2.28. The molecule has 7 nitrogen and oxygen atoms in total. The van der Waals surface area contributed by atoms with Crippen LogP contribution in [0.25, 0.3) is 10.2 Å². The lowest BCUT2D eigenvalue weighted by molar-refractivity contribution is 0.126. The molecule has 0 aromatic carbocycles. The van der Waals surface area contributed by atoms with E-state index in [-0.39, 0.29) is 6.10 Å². The van der Waals surface area contributed by atoms with E-state index in [2.05, 4.69) is 25.8 Å². The number of nitrogens with one attached hydrogen (secondary N) is 2. The second-order valence-electron chi connectivity index (χ2n) is 5.72. The van der Waals surface area contributed by atoms with E-state index in [4.69, 9.17) is 4.52 Å². The summed E-state index contributed by atoms with van der Waals surface area (Å²) in [7, 11) is 0. The molecule has 120 valence electrons. The molecule has 8 heteroatoms. The number of thiophene rings is 1. The van der Waals surface area contributed by atoms with Crippen molar-refractivity contribution in [3.63, 3.8) is 0 Å². The maximum Gasteiger partial charge on any atom is 0.229 e. The Balaban J connectivity index is 1.60. The zero-order valence-electron chi connectivity index (χ0n) is 12.4. The first-order valence-electron chi connectivity index (χ1n) is 7.64. The van der Waals surface area contributed by atoms with E-state index in [1.165, 1.54) is 6.26 Å². The van der Waals surface area contributed by atoms with Gasteiger partial charge < -0.3 is 20.3 Å². The molecule has 0 aliphatic heterocycles. The van der Waals surface area contributed by atoms with Gasteiger partial charge in [-0.25, -0.2) is 4.98 Å². The van der Waals surface area contributed by atoms with E-state index in [0.717, 1.165) is 41.7 Å². The third kappa shape index (κ3) is 3.13. The van der Waals surface area contributed by atoms with Crippen LogP contribution in [0.3, 0.4) is 0 Å². The molecule has 3 aromatic heterocycles. The van der Waals surface area contributed by atoms with E-state index in [1.54, 1.807) is 17.5 Å². The van der Waals surface area contributed by atoms with Gasteiger partial charge in [0.15, 0.2) is 0 Å². The van der Waals surface area contributed by atoms with Gasteiger partial charge in [0.05, 0.1) is 22.5 Å². The van der Waals surface area contributed by atoms with Gasteiger partial charge in [-0.15, -0.1) is 11.3 Å². The monoisotopic (exact) mass is 331 g/mol. The van der Waals surface area contributed by atoms with Crippen LogP contribution in [0.2, 0.25) is 0 Å². The minimum absolute atomic E-state index is 0.161. The molecule has 0 unspecified atom stereocenters. The fourth-order valence-electron chi connectivity index (χ4n) is 2.83. The van der Waals surface area contributed by atoms with E-state index in [9.17, 15) is 5.11 Å². The molecule has 0 saturated heterocycles. The summed E-state index contributed by atoms with van der Waals surface area (Å²) in [6.45, 7) is 0. The minimum Gasteiger partial charge on any atom is -0.393 e. The Hall–Kier alpha value is -2.19. The van der Waals surface area contributed by atoms with Gasteiger partial charge in [0.2, 0.25) is 5.95 Å². The SMILES string of the molecule is OC1CCC(Nc2nc(Nc3cnoc3)nc3ccsc23)CC1. The molecule has 0 atom stereocenters. The highest BCUT2D eigenvalue weighted by molar-refractivity contribution is 7.17. The van der Waals surface area contributed by atoms with Crippen molar-refractivity contribution in [3.8, 4) is 0 Å². The zero-order chi connectivity index (χ0) is 15.6. The van der Waals surface area contributed by atoms with E-state index >= 15 is 0 Å². The molecule has 4 rings (SSSR count). The predicted molar refractivity (Wildman–Crippen MR) is 89.1 cm³/mol. The number of rotatable bonds is 4. The number of fused-ring (bicyclic) bond motifs is 1. The number of nitrogens with zero attached hydrogens (tertiary/aromatic N) is 3. The van der Waals surface area contributed by atoms with Crippen LogP contribution >= 0.6 is 11.3 Å². The molecule has 1 aliphatic rings. The maximum absolute atomic E-state index is 9.64. The minimum atomic E-state index is -0.161. The maximum atomic E-state index is 9.64. The Morgan fingerprint density at radius 3 is 2.87 bits per heavy atom. The molecular weight excluding hydrogens is 314 g/mol. The summed E-state index contributed by atoms with van der Waals surface area (Å²) in [5, 5.41) is 21.9. The quantitative estimate of drug-likeness (QED) is 0.676. The first-order valence-corrected chi connectivity index (χ1v) is 8.52. The van der Waals surface area contributed by atoms with E-state index in [0.29, 0.717) is 17.7 Å². The Kier molecular flexibility index (Phi) is 3.84. The molecule has 23 heavy (non-hydrogen) atoms. The Morgan fingerprint density at radius 2 is 2.09 bits per heavy atom. The molecule has 0 amide bonds. The highest BCUT2D eigenvalue weighted by atomic mass is 32.1. The highest BCUT2D eigenvalue weighted by Gasteiger charge is 2.21. The van der Waals surface area contributed by atoms with E-state index < -0.39 is 0 Å². The smallest absolute Gasteiger partial charge is 0.229 e. The van der Waals surface area contributed by atoms with Crippen molar-refractivity contribution in [2.24, 2.45) is 0 Å². The number of hydrogen-bond donors (Lipinski definition) is 3. The summed E-state index contributed by atoms with van der Waals surface area (Å²) in [6, 6.07) is 2.32. The average Bonchev–Trinajstić information content (AvgIpc) is 3.21. The topological polar surface area (TPSA) is 96.1 Å². The van der Waals surface area contributed by atoms with Crippen LogP contribution < -0.4 is 10.6 Å². The van der Waals surface area contributed by atoms with Crippen molar-refractivity contribution in [3.05, 3.63) is 23.9 Å². The molecule has 3 N–H and O–H groups in total. The summed E-state index contributed by atoms with van der Waals surface area (Å²) < 4.78 is 5.86. The highest BCUT2D eigenvalue weighted by Crippen LogP contribution is 2.30. The van der Waals surface area contributed by atoms with Crippen molar-refractivity contribution >= 4 is 39.0 Å². The first kappa shape index (κ1) is 14.4. The summed E-state index contributed by atoms with van der Waals surface area (Å²) in [4.78, 5) is 9.12. The molecule has 3 heterocycles. The van der Waals surface area contributed by atoms with Crippen molar-refractivity contribution in [2.75, 3.05) is 10.6 Å². The molecule has 0 bridgehead atoms. The summed E-state index contributed by atoms with van der Waals surface area (Å²) in [5.41, 5.74) is 1.62. The van der Waals surface area contributed by atoms with Gasteiger partial charge in [-0.05, 0) is 37.1 Å². The standard InChI is InChI=1S/C15H17N5O2S/c21-11-3-1-9(2-4-11)17-14-13-12(5-6-23-13)19-15(20-14)18-10-7-16-22-8-10/h5-9,11,21H,1-4H2,(H2,17,18,19,20). The fraction of sp³-hybridized carbons (Fsp3) is 0.400. The van der Waals surface area contributed by atoms with Gasteiger partial charge in [0.25, 0.3) is 0 Å². The van der Waals surface area contributed by atoms with Crippen LogP contribution in [-0.2, 0) is 0 Å².